The largest absolute Gasteiger partial charge is 0.508 e. The van der Waals surface area contributed by atoms with Gasteiger partial charge in [-0.1, -0.05) is 18.2 Å². The van der Waals surface area contributed by atoms with E-state index in [1.54, 1.807) is 12.1 Å². The number of phenolic OH excluding ortho intramolecular Hbond substituents is 1. The lowest BCUT2D eigenvalue weighted by atomic mass is 9.94. The lowest BCUT2D eigenvalue weighted by molar-refractivity contribution is -0.136. The zero-order valence-electron chi connectivity index (χ0n) is 11.8. The minimum atomic E-state index is -1.52. The predicted octanol–water partition coefficient (Wildman–Crippen LogP) is 2.57. The van der Waals surface area contributed by atoms with Gasteiger partial charge in [0, 0.05) is 12.6 Å². The average Bonchev–Trinajstić information content (AvgIpc) is 2.49. The molecule has 0 fully saturated rings. The van der Waals surface area contributed by atoms with Crippen LogP contribution in [0.5, 0.6) is 11.5 Å². The van der Waals surface area contributed by atoms with Crippen LogP contribution in [0, 0.1) is 5.82 Å². The second kappa shape index (κ2) is 5.83. The van der Waals surface area contributed by atoms with Crippen LogP contribution in [0.3, 0.4) is 0 Å². The summed E-state index contributed by atoms with van der Waals surface area (Å²) in [5.41, 5.74) is -1.38. The number of carbonyl (C=O) groups is 1. The normalized spacial score (nSPS) is 13.3. The number of hydrogen-bond acceptors (Lipinski definition) is 3. The summed E-state index contributed by atoms with van der Waals surface area (Å²) in [6.45, 7) is 1.50. The summed E-state index contributed by atoms with van der Waals surface area (Å²) < 4.78 is 19.8. The van der Waals surface area contributed by atoms with E-state index in [0.29, 0.717) is 5.75 Å². The third kappa shape index (κ3) is 2.97. The van der Waals surface area contributed by atoms with Gasteiger partial charge in [0.1, 0.15) is 17.3 Å². The fraction of sp³-hybridized carbons (Fsp3) is 0.188. The van der Waals surface area contributed by atoms with Crippen molar-refractivity contribution in [2.45, 2.75) is 12.5 Å². The van der Waals surface area contributed by atoms with E-state index in [4.69, 9.17) is 4.74 Å². The number of likely N-dealkylation sites (N-methyl/N-ethyl adjacent to an activating group) is 1. The molecule has 1 amide bonds. The maximum absolute atomic E-state index is 14.0. The van der Waals surface area contributed by atoms with Crippen LogP contribution in [0.4, 0.5) is 4.39 Å². The van der Waals surface area contributed by atoms with Crippen LogP contribution in [0.1, 0.15) is 12.5 Å². The number of hydrogen-bond donors (Lipinski definition) is 2. The van der Waals surface area contributed by atoms with E-state index in [9.17, 15) is 14.3 Å². The van der Waals surface area contributed by atoms with E-state index in [-0.39, 0.29) is 11.3 Å². The Kier molecular flexibility index (Phi) is 4.12. The highest BCUT2D eigenvalue weighted by Gasteiger charge is 2.39. The zero-order valence-corrected chi connectivity index (χ0v) is 11.8. The van der Waals surface area contributed by atoms with Crippen molar-refractivity contribution in [3.8, 4) is 11.5 Å². The molecule has 2 N–H and O–H groups in total. The van der Waals surface area contributed by atoms with E-state index in [2.05, 4.69) is 5.32 Å². The first-order chi connectivity index (χ1) is 9.97. The fourth-order valence-corrected chi connectivity index (χ4v) is 2.06. The van der Waals surface area contributed by atoms with Gasteiger partial charge in [-0.25, -0.2) is 4.39 Å². The van der Waals surface area contributed by atoms with Crippen molar-refractivity contribution in [2.24, 2.45) is 0 Å². The number of ether oxygens (including phenoxy) is 1. The Hall–Kier alpha value is -2.56. The molecule has 2 rings (SSSR count). The van der Waals surface area contributed by atoms with Crippen LogP contribution in [-0.2, 0) is 10.4 Å². The number of halogens is 1. The molecule has 2 aromatic carbocycles. The van der Waals surface area contributed by atoms with Gasteiger partial charge in [-0.15, -0.1) is 0 Å². The summed E-state index contributed by atoms with van der Waals surface area (Å²) in [7, 11) is 1.46. The van der Waals surface area contributed by atoms with Gasteiger partial charge in [-0.2, -0.15) is 0 Å². The van der Waals surface area contributed by atoms with Crippen LogP contribution in [0.2, 0.25) is 0 Å². The topological polar surface area (TPSA) is 58.6 Å². The first kappa shape index (κ1) is 14.8. The lowest BCUT2D eigenvalue weighted by Gasteiger charge is -2.29. The molecule has 0 bridgehead atoms. The standard InChI is InChI=1S/C16H16FNO3/c1-16(15(20)18-2,13-5-3-4-6-14(13)17)21-12-9-7-11(19)8-10-12/h3-10,19H,1-2H3,(H,18,20). The molecule has 1 unspecified atom stereocenters. The SMILES string of the molecule is CNC(=O)C(C)(Oc1ccc(O)cc1)c1ccccc1F. The summed E-state index contributed by atoms with van der Waals surface area (Å²) in [4.78, 5) is 12.2. The van der Waals surface area contributed by atoms with E-state index < -0.39 is 17.3 Å². The van der Waals surface area contributed by atoms with Crippen LogP contribution in [-0.4, -0.2) is 18.1 Å². The van der Waals surface area contributed by atoms with E-state index in [1.165, 1.54) is 50.4 Å². The van der Waals surface area contributed by atoms with Crippen LogP contribution < -0.4 is 10.1 Å². The highest BCUT2D eigenvalue weighted by molar-refractivity contribution is 5.86. The summed E-state index contributed by atoms with van der Waals surface area (Å²) >= 11 is 0. The second-order valence-electron chi connectivity index (χ2n) is 4.69. The Bertz CT molecular complexity index is 642. The molecule has 0 aliphatic heterocycles. The van der Waals surface area contributed by atoms with E-state index in [0.717, 1.165) is 0 Å². The molecule has 2 aromatic rings. The monoisotopic (exact) mass is 289 g/mol. The molecule has 4 nitrogen and oxygen atoms in total. The molecule has 0 aromatic heterocycles. The molecule has 110 valence electrons. The molecule has 0 saturated heterocycles. The molecule has 5 heteroatoms. The van der Waals surface area contributed by atoms with Gasteiger partial charge in [-0.3, -0.25) is 4.79 Å². The number of amides is 1. The molecular weight excluding hydrogens is 273 g/mol. The molecule has 0 saturated carbocycles. The van der Waals surface area contributed by atoms with Crippen LogP contribution >= 0.6 is 0 Å². The Morgan fingerprint density at radius 2 is 1.81 bits per heavy atom. The number of phenols is 1. The van der Waals surface area contributed by atoms with Gasteiger partial charge in [0.15, 0.2) is 0 Å². The highest BCUT2D eigenvalue weighted by atomic mass is 19.1. The first-order valence-electron chi connectivity index (χ1n) is 6.42. The second-order valence-corrected chi connectivity index (χ2v) is 4.69. The quantitative estimate of drug-likeness (QED) is 0.909. The van der Waals surface area contributed by atoms with E-state index >= 15 is 0 Å². The van der Waals surface area contributed by atoms with Crippen molar-refractivity contribution < 1.29 is 19.0 Å². The van der Waals surface area contributed by atoms with Crippen LogP contribution in [0.15, 0.2) is 48.5 Å². The van der Waals surface area contributed by atoms with Crippen molar-refractivity contribution in [1.82, 2.24) is 5.32 Å². The van der Waals surface area contributed by atoms with Crippen molar-refractivity contribution in [3.05, 3.63) is 59.9 Å². The maximum Gasteiger partial charge on any atom is 0.268 e. The zero-order chi connectivity index (χ0) is 15.5. The Balaban J connectivity index is 2.45. The van der Waals surface area contributed by atoms with Gasteiger partial charge in [-0.05, 0) is 37.3 Å². The van der Waals surface area contributed by atoms with Gasteiger partial charge >= 0.3 is 0 Å². The number of nitrogens with one attached hydrogen (secondary N) is 1. The summed E-state index contributed by atoms with van der Waals surface area (Å²) in [5.74, 6) is -0.569. The van der Waals surface area contributed by atoms with Crippen LogP contribution in [0.25, 0.3) is 0 Å². The summed E-state index contributed by atoms with van der Waals surface area (Å²) in [6.07, 6.45) is 0. The molecule has 0 aliphatic carbocycles. The minimum Gasteiger partial charge on any atom is -0.508 e. The molecule has 1 atom stereocenters. The lowest BCUT2D eigenvalue weighted by Crippen LogP contribution is -2.45. The summed E-state index contributed by atoms with van der Waals surface area (Å²) in [5, 5.41) is 11.8. The third-order valence-corrected chi connectivity index (χ3v) is 3.21. The van der Waals surface area contributed by atoms with Crippen molar-refractivity contribution >= 4 is 5.91 Å². The average molecular weight is 289 g/mol. The Morgan fingerprint density at radius 3 is 2.38 bits per heavy atom. The Morgan fingerprint density at radius 1 is 1.19 bits per heavy atom. The van der Waals surface area contributed by atoms with Crippen molar-refractivity contribution in [1.29, 1.82) is 0 Å². The van der Waals surface area contributed by atoms with E-state index in [1.807, 2.05) is 0 Å². The number of benzene rings is 2. The minimum absolute atomic E-state index is 0.0786. The number of aromatic hydroxyl groups is 1. The highest BCUT2D eigenvalue weighted by Crippen LogP contribution is 2.31. The molecule has 0 aliphatic rings. The van der Waals surface area contributed by atoms with Gasteiger partial charge in [0.2, 0.25) is 5.60 Å². The molecule has 0 radical (unpaired) electrons. The molecular formula is C16H16FNO3. The summed E-state index contributed by atoms with van der Waals surface area (Å²) in [6, 6.07) is 11.8. The number of carbonyl (C=O) groups excluding carboxylic acids is 1. The van der Waals surface area contributed by atoms with Gasteiger partial charge < -0.3 is 15.2 Å². The van der Waals surface area contributed by atoms with Crippen molar-refractivity contribution in [2.75, 3.05) is 7.05 Å². The third-order valence-electron chi connectivity index (χ3n) is 3.21. The smallest absolute Gasteiger partial charge is 0.268 e. The molecule has 21 heavy (non-hydrogen) atoms. The van der Waals surface area contributed by atoms with Gasteiger partial charge in [0.25, 0.3) is 5.91 Å². The molecule has 0 heterocycles. The van der Waals surface area contributed by atoms with Gasteiger partial charge in [0.05, 0.1) is 0 Å². The van der Waals surface area contributed by atoms with Crippen molar-refractivity contribution in [3.63, 3.8) is 0 Å². The Labute approximate surface area is 122 Å². The first-order valence-corrected chi connectivity index (χ1v) is 6.42. The number of rotatable bonds is 4. The predicted molar refractivity (Wildman–Crippen MR) is 76.6 cm³/mol. The maximum atomic E-state index is 14.0. The fourth-order valence-electron chi connectivity index (χ4n) is 2.06. The molecule has 0 spiro atoms.